The van der Waals surface area contributed by atoms with Crippen LogP contribution < -0.4 is 15.4 Å². The molecule has 0 bridgehead atoms. The van der Waals surface area contributed by atoms with Crippen molar-refractivity contribution >= 4 is 35.5 Å². The van der Waals surface area contributed by atoms with Crippen molar-refractivity contribution in [3.8, 4) is 11.5 Å². The van der Waals surface area contributed by atoms with Crippen molar-refractivity contribution in [1.29, 1.82) is 0 Å². The van der Waals surface area contributed by atoms with E-state index in [0.717, 1.165) is 25.9 Å². The molecule has 2 aliphatic rings. The third-order valence-electron chi connectivity index (χ3n) is 9.56. The number of urea groups is 1. The quantitative estimate of drug-likeness (QED) is 0.137. The highest BCUT2D eigenvalue weighted by atomic mass is 32.2. The highest BCUT2D eigenvalue weighted by Crippen LogP contribution is 2.44. The van der Waals surface area contributed by atoms with Crippen molar-refractivity contribution in [2.24, 2.45) is 0 Å². The molecular weight excluding hydrogens is 637 g/mol. The van der Waals surface area contributed by atoms with E-state index in [0.29, 0.717) is 30.2 Å². The highest BCUT2D eigenvalue weighted by molar-refractivity contribution is 7.99. The van der Waals surface area contributed by atoms with Crippen LogP contribution in [0.5, 0.6) is 11.5 Å². The summed E-state index contributed by atoms with van der Waals surface area (Å²) in [6.45, 7) is 9.50. The molecule has 2 aliphatic heterocycles. The van der Waals surface area contributed by atoms with Crippen LogP contribution in [-0.2, 0) is 11.8 Å². The number of hydrogen-bond acceptors (Lipinski definition) is 6. The van der Waals surface area contributed by atoms with Crippen LogP contribution in [0.4, 0.5) is 4.79 Å². The van der Waals surface area contributed by atoms with Crippen LogP contribution in [0.1, 0.15) is 60.3 Å². The molecule has 3 amide bonds. The van der Waals surface area contributed by atoms with Gasteiger partial charge in [0.1, 0.15) is 11.5 Å². The number of amides is 3. The van der Waals surface area contributed by atoms with Crippen molar-refractivity contribution in [2.75, 3.05) is 39.1 Å². The van der Waals surface area contributed by atoms with Gasteiger partial charge in [0, 0.05) is 52.5 Å². The lowest BCUT2D eigenvalue weighted by atomic mass is 9.82. The second-order valence-corrected chi connectivity index (χ2v) is 14.9. The summed E-state index contributed by atoms with van der Waals surface area (Å²) in [5, 5.41) is 5.70. The summed E-state index contributed by atoms with van der Waals surface area (Å²) in [6.07, 6.45) is 4.11. The minimum Gasteiger partial charge on any atom is -0.457 e. The number of hydrogen-bond donors (Lipinski definition) is 2. The van der Waals surface area contributed by atoms with Gasteiger partial charge in [-0.15, -0.1) is 11.8 Å². The van der Waals surface area contributed by atoms with E-state index in [9.17, 15) is 9.59 Å². The number of benzene rings is 4. The number of nitrogens with one attached hydrogen (secondary N) is 2. The number of fused-ring (bicyclic) bond motifs is 2. The summed E-state index contributed by atoms with van der Waals surface area (Å²) < 4.78 is 6.04. The molecule has 4 aromatic rings. The van der Waals surface area contributed by atoms with E-state index in [-0.39, 0.29) is 30.1 Å². The number of rotatable bonds is 9. The third-order valence-corrected chi connectivity index (χ3v) is 11.5. The first-order chi connectivity index (χ1) is 23.2. The van der Waals surface area contributed by atoms with Crippen LogP contribution in [0.2, 0.25) is 0 Å². The number of carbonyl (C=O) groups excluding carboxylic acids is 2. The van der Waals surface area contributed by atoms with E-state index in [1.807, 2.05) is 34.9 Å². The molecule has 6 rings (SSSR count). The number of thioether (sulfide) groups is 1. The Morgan fingerprint density at radius 3 is 2.40 bits per heavy atom. The molecule has 1 unspecified atom stereocenters. The molecular formula is C39H44N4O3S2. The van der Waals surface area contributed by atoms with Gasteiger partial charge in [0.15, 0.2) is 0 Å². The summed E-state index contributed by atoms with van der Waals surface area (Å²) in [6, 6.07) is 30.8. The Morgan fingerprint density at radius 1 is 0.875 bits per heavy atom. The summed E-state index contributed by atoms with van der Waals surface area (Å²) in [4.78, 5) is 34.3. The van der Waals surface area contributed by atoms with E-state index in [2.05, 4.69) is 97.2 Å². The molecule has 2 heterocycles. The lowest BCUT2D eigenvalue weighted by Crippen LogP contribution is -2.53. The summed E-state index contributed by atoms with van der Waals surface area (Å²) in [7, 11) is 0. The Bertz CT molecular complexity index is 1750. The predicted octanol–water partition coefficient (Wildman–Crippen LogP) is 8.35. The Balaban J connectivity index is 1.01. The van der Waals surface area contributed by atoms with Crippen LogP contribution in [0, 0.1) is 0 Å². The maximum absolute atomic E-state index is 13.1. The number of nitrogens with zero attached hydrogens (tertiary/aromatic N) is 2. The molecule has 4 aromatic carbocycles. The number of piperazine rings is 1. The normalized spacial score (nSPS) is 16.3. The first kappa shape index (κ1) is 34.0. The third kappa shape index (κ3) is 7.86. The van der Waals surface area contributed by atoms with Gasteiger partial charge in [0.2, 0.25) is 0 Å². The summed E-state index contributed by atoms with van der Waals surface area (Å²) in [5.74, 6) is 1.02. The van der Waals surface area contributed by atoms with Gasteiger partial charge in [-0.2, -0.15) is 0 Å². The molecule has 7 nitrogen and oxygen atoms in total. The van der Waals surface area contributed by atoms with Crippen molar-refractivity contribution < 1.29 is 14.3 Å². The molecule has 2 N–H and O–H groups in total. The molecule has 0 aliphatic carbocycles. The Labute approximate surface area is 292 Å². The van der Waals surface area contributed by atoms with Gasteiger partial charge in [-0.25, -0.2) is 4.79 Å². The zero-order valence-electron chi connectivity index (χ0n) is 28.1. The molecule has 48 heavy (non-hydrogen) atoms. The van der Waals surface area contributed by atoms with Gasteiger partial charge in [0.05, 0.1) is 6.67 Å². The Morgan fingerprint density at radius 2 is 1.65 bits per heavy atom. The molecule has 1 fully saturated rings. The first-order valence-corrected chi connectivity index (χ1v) is 18.7. The SMILES string of the molecule is CCC(C)(C)c1ccc(Oc2cccc(C(=O)NCNC(=O)N3CCN(C4Cc5ccccc5Sc5ccc(SC)cc54)CC3)c2)cc1. The second-order valence-electron chi connectivity index (χ2n) is 12.9. The molecule has 0 aromatic heterocycles. The minimum atomic E-state index is -0.277. The maximum atomic E-state index is 13.1. The van der Waals surface area contributed by atoms with Gasteiger partial charge in [-0.3, -0.25) is 9.69 Å². The van der Waals surface area contributed by atoms with Crippen molar-refractivity contribution in [3.63, 3.8) is 0 Å². The topological polar surface area (TPSA) is 73.9 Å². The second kappa shape index (κ2) is 15.1. The molecule has 250 valence electrons. The molecule has 0 radical (unpaired) electrons. The highest BCUT2D eigenvalue weighted by Gasteiger charge is 2.31. The van der Waals surface area contributed by atoms with Gasteiger partial charge in [0.25, 0.3) is 5.91 Å². The van der Waals surface area contributed by atoms with E-state index >= 15 is 0 Å². The van der Waals surface area contributed by atoms with Crippen LogP contribution in [0.15, 0.2) is 106 Å². The molecule has 9 heteroatoms. The van der Waals surface area contributed by atoms with Gasteiger partial charge in [-0.1, -0.05) is 68.9 Å². The smallest absolute Gasteiger partial charge is 0.318 e. The standard InChI is InChI=1S/C39H44N4O3S2/c1-5-39(2,3)29-13-15-30(16-14-29)46-31-11-8-10-28(23-31)37(44)40-26-41-38(45)43-21-19-42(20-22-43)34-24-27-9-6-7-12-35(27)48-36-18-17-32(47-4)25-33(34)36/h6-18,23,25,34H,5,19-22,24,26H2,1-4H3,(H,40,44)(H,41,45). The maximum Gasteiger partial charge on any atom is 0.318 e. The van der Waals surface area contributed by atoms with E-state index in [1.54, 1.807) is 30.0 Å². The van der Waals surface area contributed by atoms with Crippen molar-refractivity contribution in [2.45, 2.75) is 59.8 Å². The fraction of sp³-hybridized carbons (Fsp3) is 0.333. The fourth-order valence-electron chi connectivity index (χ4n) is 6.21. The molecule has 0 spiro atoms. The van der Waals surface area contributed by atoms with Crippen LogP contribution in [0.25, 0.3) is 0 Å². The Hall–Kier alpha value is -3.92. The zero-order valence-corrected chi connectivity index (χ0v) is 29.8. The fourth-order valence-corrected chi connectivity index (χ4v) is 7.77. The van der Waals surface area contributed by atoms with Crippen LogP contribution >= 0.6 is 23.5 Å². The van der Waals surface area contributed by atoms with E-state index < -0.39 is 0 Å². The summed E-state index contributed by atoms with van der Waals surface area (Å²) in [5.41, 5.74) is 4.56. The molecule has 0 saturated carbocycles. The van der Waals surface area contributed by atoms with Gasteiger partial charge < -0.3 is 20.3 Å². The van der Waals surface area contributed by atoms with Gasteiger partial charge in [-0.05, 0) is 95.8 Å². The summed E-state index contributed by atoms with van der Waals surface area (Å²) >= 11 is 3.63. The van der Waals surface area contributed by atoms with Crippen molar-refractivity contribution in [3.05, 3.63) is 113 Å². The Kier molecular flexibility index (Phi) is 10.7. The minimum absolute atomic E-state index is 0.0408. The van der Waals surface area contributed by atoms with E-state index in [1.165, 1.54) is 31.4 Å². The monoisotopic (exact) mass is 680 g/mol. The van der Waals surface area contributed by atoms with Crippen LogP contribution in [0.3, 0.4) is 0 Å². The number of ether oxygens (including phenoxy) is 1. The lowest BCUT2D eigenvalue weighted by Gasteiger charge is -2.39. The average Bonchev–Trinajstić information content (AvgIpc) is 3.28. The van der Waals surface area contributed by atoms with Gasteiger partial charge >= 0.3 is 6.03 Å². The van der Waals surface area contributed by atoms with Crippen LogP contribution in [-0.4, -0.2) is 60.8 Å². The first-order valence-electron chi connectivity index (χ1n) is 16.6. The van der Waals surface area contributed by atoms with Crippen molar-refractivity contribution in [1.82, 2.24) is 20.4 Å². The average molecular weight is 681 g/mol. The zero-order chi connectivity index (χ0) is 33.7. The lowest BCUT2D eigenvalue weighted by molar-refractivity contribution is 0.0943. The largest absolute Gasteiger partial charge is 0.457 e. The number of carbonyl (C=O) groups is 2. The molecule has 1 saturated heterocycles. The predicted molar refractivity (Wildman–Crippen MR) is 196 cm³/mol. The molecule has 1 atom stereocenters. The van der Waals surface area contributed by atoms with E-state index in [4.69, 9.17) is 4.74 Å².